The summed E-state index contributed by atoms with van der Waals surface area (Å²) in [6.07, 6.45) is 1.32. The van der Waals surface area contributed by atoms with Crippen molar-refractivity contribution in [2.45, 2.75) is 0 Å². The lowest BCUT2D eigenvalue weighted by Gasteiger charge is -2.14. The van der Waals surface area contributed by atoms with E-state index in [1.165, 1.54) is 32.7 Å². The van der Waals surface area contributed by atoms with Gasteiger partial charge in [0.1, 0.15) is 23.6 Å². The van der Waals surface area contributed by atoms with Gasteiger partial charge in [-0.05, 0) is 30.3 Å². The van der Waals surface area contributed by atoms with Gasteiger partial charge in [-0.25, -0.2) is 14.8 Å². The Morgan fingerprint density at radius 3 is 2.29 bits per heavy atom. The normalized spacial score (nSPS) is 10.5. The summed E-state index contributed by atoms with van der Waals surface area (Å²) in [5.41, 5.74) is 1.30. The van der Waals surface area contributed by atoms with Crippen molar-refractivity contribution in [1.29, 1.82) is 0 Å². The smallest absolute Gasteiger partial charge is 0.323 e. The molecule has 0 atom stereocenters. The molecule has 0 bridgehead atoms. The van der Waals surface area contributed by atoms with Gasteiger partial charge in [0.15, 0.2) is 11.5 Å². The number of carbonyl (C=O) groups is 1. The number of fused-ring (bicyclic) bond motifs is 1. The minimum atomic E-state index is -0.516. The highest BCUT2D eigenvalue weighted by Gasteiger charge is 2.14. The van der Waals surface area contributed by atoms with Gasteiger partial charge in [0.2, 0.25) is 5.88 Å². The van der Waals surface area contributed by atoms with Crippen LogP contribution in [0.4, 0.5) is 16.2 Å². The fourth-order valence-corrected chi connectivity index (χ4v) is 3.46. The Bertz CT molecular complexity index is 1400. The number of benzene rings is 3. The molecule has 35 heavy (non-hydrogen) atoms. The maximum Gasteiger partial charge on any atom is 0.323 e. The molecule has 3 aromatic carbocycles. The summed E-state index contributed by atoms with van der Waals surface area (Å²) in [5, 5.41) is 16.2. The lowest BCUT2D eigenvalue weighted by molar-refractivity contribution is 0.262. The van der Waals surface area contributed by atoms with Gasteiger partial charge in [0, 0.05) is 18.2 Å². The molecule has 4 rings (SSSR count). The van der Waals surface area contributed by atoms with E-state index >= 15 is 0 Å². The van der Waals surface area contributed by atoms with E-state index in [9.17, 15) is 9.90 Å². The van der Waals surface area contributed by atoms with Gasteiger partial charge in [0.25, 0.3) is 0 Å². The molecule has 0 unspecified atom stereocenters. The van der Waals surface area contributed by atoms with Gasteiger partial charge in [-0.3, -0.25) is 0 Å². The van der Waals surface area contributed by atoms with E-state index in [1.54, 1.807) is 43.5 Å². The van der Waals surface area contributed by atoms with Gasteiger partial charge < -0.3 is 34.7 Å². The second-order valence-corrected chi connectivity index (χ2v) is 7.52. The molecule has 3 N–H and O–H groups in total. The number of methoxy groups -OCH3 is 3. The maximum atomic E-state index is 12.5. The standard InChI is InChI=1S/C24H21ClN4O6/c1-32-13-4-7-18(21(9-13)33-2)29-24(31)28-17-6-5-14(8-16(17)25)35-23-15-10-22(34-3)20(30)11-19(15)26-12-27-23/h4-12,30H,1-3H3,(H2,28,29,31). The molecule has 180 valence electrons. The van der Waals surface area contributed by atoms with Crippen LogP contribution < -0.4 is 29.6 Å². The number of urea groups is 1. The highest BCUT2D eigenvalue weighted by Crippen LogP contribution is 2.36. The van der Waals surface area contributed by atoms with Gasteiger partial charge >= 0.3 is 6.03 Å². The molecule has 0 aliphatic heterocycles. The molecule has 10 nitrogen and oxygen atoms in total. The van der Waals surface area contributed by atoms with Gasteiger partial charge in [0.05, 0.1) is 48.6 Å². The number of nitrogens with one attached hydrogen (secondary N) is 2. The van der Waals surface area contributed by atoms with Crippen LogP contribution in [0.5, 0.6) is 34.6 Å². The first-order chi connectivity index (χ1) is 16.9. The van der Waals surface area contributed by atoms with Crippen molar-refractivity contribution < 1.29 is 28.8 Å². The number of nitrogens with zero attached hydrogens (tertiary/aromatic N) is 2. The molecule has 1 heterocycles. The topological polar surface area (TPSA) is 124 Å². The monoisotopic (exact) mass is 496 g/mol. The molecule has 11 heteroatoms. The van der Waals surface area contributed by atoms with Crippen LogP contribution in [-0.4, -0.2) is 42.4 Å². The number of amides is 2. The predicted molar refractivity (Wildman–Crippen MR) is 131 cm³/mol. The third-order valence-electron chi connectivity index (χ3n) is 4.96. The second kappa shape index (κ2) is 10.2. The number of carbonyl (C=O) groups excluding carboxylic acids is 1. The van der Waals surface area contributed by atoms with E-state index in [4.69, 9.17) is 30.5 Å². The minimum absolute atomic E-state index is 0.0475. The lowest BCUT2D eigenvalue weighted by Crippen LogP contribution is -2.20. The molecule has 0 fully saturated rings. The van der Waals surface area contributed by atoms with Crippen LogP contribution in [0.25, 0.3) is 10.9 Å². The number of hydrogen-bond acceptors (Lipinski definition) is 8. The van der Waals surface area contributed by atoms with Crippen molar-refractivity contribution in [3.05, 3.63) is 59.9 Å². The van der Waals surface area contributed by atoms with Crippen LogP contribution in [-0.2, 0) is 0 Å². The molecule has 0 radical (unpaired) electrons. The average molecular weight is 497 g/mol. The van der Waals surface area contributed by atoms with Crippen LogP contribution in [0.3, 0.4) is 0 Å². The molecular formula is C24H21ClN4O6. The van der Waals surface area contributed by atoms with E-state index < -0.39 is 6.03 Å². The van der Waals surface area contributed by atoms with Crippen LogP contribution in [0.1, 0.15) is 0 Å². The number of hydrogen-bond donors (Lipinski definition) is 3. The Kier molecular flexibility index (Phi) is 6.93. The Balaban J connectivity index is 1.50. The number of aromatic hydroxyl groups is 1. The number of ether oxygens (including phenoxy) is 4. The number of anilines is 2. The van der Waals surface area contributed by atoms with E-state index in [0.717, 1.165) is 0 Å². The molecule has 0 aliphatic rings. The first-order valence-corrected chi connectivity index (χ1v) is 10.6. The van der Waals surface area contributed by atoms with Crippen LogP contribution in [0, 0.1) is 0 Å². The Morgan fingerprint density at radius 1 is 0.857 bits per heavy atom. The summed E-state index contributed by atoms with van der Waals surface area (Å²) in [7, 11) is 4.48. The van der Waals surface area contributed by atoms with E-state index in [2.05, 4.69) is 20.6 Å². The molecular weight excluding hydrogens is 476 g/mol. The Hall–Kier alpha value is -4.44. The van der Waals surface area contributed by atoms with Crippen molar-refractivity contribution in [1.82, 2.24) is 9.97 Å². The van der Waals surface area contributed by atoms with E-state index in [1.807, 2.05) is 0 Å². The van der Waals surface area contributed by atoms with Crippen LogP contribution in [0.2, 0.25) is 5.02 Å². The van der Waals surface area contributed by atoms with Crippen LogP contribution in [0.15, 0.2) is 54.9 Å². The molecule has 4 aromatic rings. The molecule has 0 saturated carbocycles. The molecule has 0 spiro atoms. The number of halogens is 1. The van der Waals surface area contributed by atoms with Gasteiger partial charge in [-0.15, -0.1) is 0 Å². The maximum absolute atomic E-state index is 12.5. The van der Waals surface area contributed by atoms with Crippen molar-refractivity contribution in [3.8, 4) is 34.6 Å². The minimum Gasteiger partial charge on any atom is -0.504 e. The average Bonchev–Trinajstić information content (AvgIpc) is 2.85. The third kappa shape index (κ3) is 5.22. The highest BCUT2D eigenvalue weighted by molar-refractivity contribution is 6.34. The quantitative estimate of drug-likeness (QED) is 0.308. The second-order valence-electron chi connectivity index (χ2n) is 7.11. The van der Waals surface area contributed by atoms with Crippen molar-refractivity contribution in [3.63, 3.8) is 0 Å². The van der Waals surface area contributed by atoms with Crippen LogP contribution >= 0.6 is 11.6 Å². The molecule has 1 aromatic heterocycles. The first-order valence-electron chi connectivity index (χ1n) is 10.2. The van der Waals surface area contributed by atoms with E-state index in [0.29, 0.717) is 39.5 Å². The summed E-state index contributed by atoms with van der Waals surface area (Å²) in [4.78, 5) is 20.8. The van der Waals surface area contributed by atoms with Crippen molar-refractivity contribution in [2.24, 2.45) is 0 Å². The summed E-state index contributed by atoms with van der Waals surface area (Å²) >= 11 is 6.38. The zero-order valence-corrected chi connectivity index (χ0v) is 19.7. The SMILES string of the molecule is COc1ccc(NC(=O)Nc2ccc(Oc3ncnc4cc(O)c(OC)cc34)cc2Cl)c(OC)c1. The molecule has 0 saturated heterocycles. The first kappa shape index (κ1) is 23.7. The summed E-state index contributed by atoms with van der Waals surface area (Å²) in [6, 6.07) is 12.3. The fourth-order valence-electron chi connectivity index (χ4n) is 3.24. The molecule has 2 amide bonds. The van der Waals surface area contributed by atoms with Gasteiger partial charge in [-0.1, -0.05) is 11.6 Å². The van der Waals surface area contributed by atoms with Crippen molar-refractivity contribution >= 4 is 39.9 Å². The number of rotatable bonds is 7. The largest absolute Gasteiger partial charge is 0.504 e. The summed E-state index contributed by atoms with van der Waals surface area (Å²) in [5.74, 6) is 1.87. The third-order valence-corrected chi connectivity index (χ3v) is 5.27. The highest BCUT2D eigenvalue weighted by atomic mass is 35.5. The number of aromatic nitrogens is 2. The lowest BCUT2D eigenvalue weighted by atomic mass is 10.2. The molecule has 0 aliphatic carbocycles. The zero-order valence-electron chi connectivity index (χ0n) is 19.0. The predicted octanol–water partition coefficient (Wildman–Crippen LogP) is 5.45. The summed E-state index contributed by atoms with van der Waals surface area (Å²) in [6.45, 7) is 0. The Labute approximate surface area is 205 Å². The van der Waals surface area contributed by atoms with Gasteiger partial charge in [-0.2, -0.15) is 0 Å². The number of phenolic OH excluding ortho intramolecular Hbond substituents is 1. The fraction of sp³-hybridized carbons (Fsp3) is 0.125. The van der Waals surface area contributed by atoms with Crippen molar-refractivity contribution in [2.75, 3.05) is 32.0 Å². The zero-order chi connectivity index (χ0) is 24.9. The van der Waals surface area contributed by atoms with E-state index in [-0.39, 0.29) is 22.4 Å². The Morgan fingerprint density at radius 2 is 1.57 bits per heavy atom. The number of phenols is 1. The summed E-state index contributed by atoms with van der Waals surface area (Å²) < 4.78 is 21.5.